The minimum Gasteiger partial charge on any atom is -0.388 e. The Bertz CT molecular complexity index is 115. The van der Waals surface area contributed by atoms with Gasteiger partial charge in [-0.2, -0.15) is 0 Å². The molecule has 1 aliphatic heterocycles. The topological polar surface area (TPSA) is 29.5 Å². The molecular weight excluding hydrogens is 128 g/mol. The smallest absolute Gasteiger partial charge is 0.0861 e. The van der Waals surface area contributed by atoms with Crippen LogP contribution in [0.25, 0.3) is 0 Å². The second-order valence-corrected chi connectivity index (χ2v) is 3.67. The van der Waals surface area contributed by atoms with E-state index in [1.807, 2.05) is 6.92 Å². The van der Waals surface area contributed by atoms with Crippen LogP contribution in [-0.2, 0) is 4.74 Å². The Morgan fingerprint density at radius 3 is 2.20 bits per heavy atom. The van der Waals surface area contributed by atoms with E-state index < -0.39 is 5.60 Å². The lowest BCUT2D eigenvalue weighted by Gasteiger charge is -2.24. The number of hydrogen-bond acceptors (Lipinski definition) is 2. The van der Waals surface area contributed by atoms with Crippen molar-refractivity contribution in [2.24, 2.45) is 0 Å². The van der Waals surface area contributed by atoms with Gasteiger partial charge in [-0.25, -0.2) is 0 Å². The fourth-order valence-corrected chi connectivity index (χ4v) is 1.32. The van der Waals surface area contributed by atoms with Gasteiger partial charge in [-0.3, -0.25) is 0 Å². The first-order chi connectivity index (χ1) is 4.50. The van der Waals surface area contributed by atoms with Crippen LogP contribution in [0.1, 0.15) is 33.6 Å². The summed E-state index contributed by atoms with van der Waals surface area (Å²) in [6, 6.07) is 0. The average molecular weight is 144 g/mol. The standard InChI is InChI=1S/C8H16O2/c1-6-4-5-7(10-6)8(2,3)9/h6-7,9H,4-5H2,1-3H3/t6-,7-/m1/s1. The van der Waals surface area contributed by atoms with Crippen molar-refractivity contribution in [3.05, 3.63) is 0 Å². The molecule has 0 spiro atoms. The van der Waals surface area contributed by atoms with Gasteiger partial charge in [0.05, 0.1) is 17.8 Å². The van der Waals surface area contributed by atoms with Gasteiger partial charge < -0.3 is 9.84 Å². The van der Waals surface area contributed by atoms with Crippen LogP contribution in [0, 0.1) is 0 Å². The Labute approximate surface area is 62.2 Å². The van der Waals surface area contributed by atoms with Crippen molar-refractivity contribution in [1.82, 2.24) is 0 Å². The molecule has 0 amide bonds. The second-order valence-electron chi connectivity index (χ2n) is 3.67. The van der Waals surface area contributed by atoms with Crippen LogP contribution in [0.5, 0.6) is 0 Å². The molecule has 0 bridgehead atoms. The SMILES string of the molecule is C[C@@H]1CC[C@H](C(C)(C)O)O1. The van der Waals surface area contributed by atoms with E-state index in [-0.39, 0.29) is 6.10 Å². The van der Waals surface area contributed by atoms with Crippen molar-refractivity contribution in [1.29, 1.82) is 0 Å². The molecule has 2 nitrogen and oxygen atoms in total. The molecule has 0 radical (unpaired) electrons. The highest BCUT2D eigenvalue weighted by molar-refractivity contribution is 4.83. The van der Waals surface area contributed by atoms with Crippen molar-refractivity contribution in [3.8, 4) is 0 Å². The van der Waals surface area contributed by atoms with E-state index in [1.54, 1.807) is 13.8 Å². The van der Waals surface area contributed by atoms with E-state index in [2.05, 4.69) is 0 Å². The van der Waals surface area contributed by atoms with Gasteiger partial charge in [0.25, 0.3) is 0 Å². The summed E-state index contributed by atoms with van der Waals surface area (Å²) in [4.78, 5) is 0. The molecular formula is C8H16O2. The molecule has 1 N–H and O–H groups in total. The zero-order valence-corrected chi connectivity index (χ0v) is 6.92. The molecule has 1 aliphatic rings. The number of ether oxygens (including phenoxy) is 1. The molecule has 60 valence electrons. The summed E-state index contributed by atoms with van der Waals surface area (Å²) in [6.45, 7) is 5.65. The van der Waals surface area contributed by atoms with Gasteiger partial charge >= 0.3 is 0 Å². The van der Waals surface area contributed by atoms with E-state index in [0.717, 1.165) is 12.8 Å². The third-order valence-electron chi connectivity index (χ3n) is 2.02. The van der Waals surface area contributed by atoms with Crippen LogP contribution in [0.3, 0.4) is 0 Å². The molecule has 2 heteroatoms. The zero-order valence-electron chi connectivity index (χ0n) is 6.92. The summed E-state index contributed by atoms with van der Waals surface area (Å²) in [5, 5.41) is 9.51. The molecule has 1 heterocycles. The summed E-state index contributed by atoms with van der Waals surface area (Å²) in [6.07, 6.45) is 2.44. The van der Waals surface area contributed by atoms with Crippen LogP contribution < -0.4 is 0 Å². The van der Waals surface area contributed by atoms with Crippen LogP contribution in [0.2, 0.25) is 0 Å². The number of hydrogen-bond donors (Lipinski definition) is 1. The molecule has 1 rings (SSSR count). The molecule has 0 aliphatic carbocycles. The molecule has 1 saturated heterocycles. The van der Waals surface area contributed by atoms with E-state index in [0.29, 0.717) is 6.10 Å². The molecule has 0 aromatic heterocycles. The van der Waals surface area contributed by atoms with Crippen LogP contribution in [0.15, 0.2) is 0 Å². The number of aliphatic hydroxyl groups is 1. The maximum absolute atomic E-state index is 9.51. The Hall–Kier alpha value is -0.0800. The van der Waals surface area contributed by atoms with Gasteiger partial charge in [0.2, 0.25) is 0 Å². The maximum atomic E-state index is 9.51. The van der Waals surface area contributed by atoms with E-state index >= 15 is 0 Å². The van der Waals surface area contributed by atoms with Gasteiger partial charge in [0, 0.05) is 0 Å². The van der Waals surface area contributed by atoms with Crippen molar-refractivity contribution in [2.45, 2.75) is 51.4 Å². The monoisotopic (exact) mass is 144 g/mol. The summed E-state index contributed by atoms with van der Waals surface area (Å²) in [5.74, 6) is 0. The fraction of sp³-hybridized carbons (Fsp3) is 1.00. The fourth-order valence-electron chi connectivity index (χ4n) is 1.32. The van der Waals surface area contributed by atoms with Gasteiger partial charge in [-0.1, -0.05) is 0 Å². The summed E-state index contributed by atoms with van der Waals surface area (Å²) >= 11 is 0. The van der Waals surface area contributed by atoms with Gasteiger partial charge in [-0.15, -0.1) is 0 Å². The highest BCUT2D eigenvalue weighted by Gasteiger charge is 2.33. The lowest BCUT2D eigenvalue weighted by molar-refractivity contribution is -0.0786. The van der Waals surface area contributed by atoms with E-state index in [1.165, 1.54) is 0 Å². The molecule has 0 unspecified atom stereocenters. The van der Waals surface area contributed by atoms with Crippen molar-refractivity contribution >= 4 is 0 Å². The predicted molar refractivity (Wildman–Crippen MR) is 39.9 cm³/mol. The number of rotatable bonds is 1. The van der Waals surface area contributed by atoms with E-state index in [9.17, 15) is 5.11 Å². The Morgan fingerprint density at radius 2 is 2.00 bits per heavy atom. The van der Waals surface area contributed by atoms with Gasteiger partial charge in [-0.05, 0) is 33.6 Å². The Kier molecular flexibility index (Phi) is 2.02. The third-order valence-corrected chi connectivity index (χ3v) is 2.02. The van der Waals surface area contributed by atoms with Gasteiger partial charge in [0.15, 0.2) is 0 Å². The van der Waals surface area contributed by atoms with Crippen molar-refractivity contribution < 1.29 is 9.84 Å². The normalized spacial score (nSPS) is 34.8. The molecule has 2 atom stereocenters. The molecule has 1 fully saturated rings. The first-order valence-electron chi connectivity index (χ1n) is 3.88. The minimum atomic E-state index is -0.662. The van der Waals surface area contributed by atoms with Gasteiger partial charge in [0.1, 0.15) is 0 Å². The largest absolute Gasteiger partial charge is 0.388 e. The van der Waals surface area contributed by atoms with E-state index in [4.69, 9.17) is 4.74 Å². The first-order valence-corrected chi connectivity index (χ1v) is 3.88. The summed E-state index contributed by atoms with van der Waals surface area (Å²) in [5.41, 5.74) is -0.662. The quantitative estimate of drug-likeness (QED) is 0.601. The average Bonchev–Trinajstić information content (AvgIpc) is 2.11. The molecule has 0 saturated carbocycles. The highest BCUT2D eigenvalue weighted by Crippen LogP contribution is 2.27. The first kappa shape index (κ1) is 8.02. The third kappa shape index (κ3) is 1.70. The van der Waals surface area contributed by atoms with Crippen LogP contribution in [0.4, 0.5) is 0 Å². The second kappa shape index (κ2) is 2.51. The van der Waals surface area contributed by atoms with Crippen LogP contribution in [-0.4, -0.2) is 22.9 Å². The van der Waals surface area contributed by atoms with Crippen molar-refractivity contribution in [3.63, 3.8) is 0 Å². The summed E-state index contributed by atoms with van der Waals surface area (Å²) in [7, 11) is 0. The summed E-state index contributed by atoms with van der Waals surface area (Å²) < 4.78 is 5.48. The molecule has 10 heavy (non-hydrogen) atoms. The molecule has 0 aromatic rings. The highest BCUT2D eigenvalue weighted by atomic mass is 16.5. The van der Waals surface area contributed by atoms with Crippen LogP contribution >= 0.6 is 0 Å². The maximum Gasteiger partial charge on any atom is 0.0861 e. The lowest BCUT2D eigenvalue weighted by atomic mass is 9.99. The zero-order chi connectivity index (χ0) is 7.78. The van der Waals surface area contributed by atoms with Crippen molar-refractivity contribution in [2.75, 3.05) is 0 Å². The lowest BCUT2D eigenvalue weighted by Crippen LogP contribution is -2.35. The predicted octanol–water partition coefficient (Wildman–Crippen LogP) is 1.32. The minimum absolute atomic E-state index is 0.0440. The Morgan fingerprint density at radius 1 is 1.40 bits per heavy atom. The Balaban J connectivity index is 2.45. The molecule has 0 aromatic carbocycles.